The average Bonchev–Trinajstić information content (AvgIpc) is 2.14. The van der Waals surface area contributed by atoms with Gasteiger partial charge in [0.2, 0.25) is 0 Å². The molecule has 0 aliphatic heterocycles. The molecule has 0 aromatic heterocycles. The van der Waals surface area contributed by atoms with Gasteiger partial charge in [0.1, 0.15) is 0 Å². The number of nitrogens with zero attached hydrogens (tertiary/aromatic N) is 1. The molecule has 0 heterocycles. The number of nitrogens with one attached hydrogen (secondary N) is 1. The van der Waals surface area contributed by atoms with Gasteiger partial charge in [0.15, 0.2) is 18.6 Å². The van der Waals surface area contributed by atoms with Gasteiger partial charge in [0.25, 0.3) is 0 Å². The summed E-state index contributed by atoms with van der Waals surface area (Å²) in [6.07, 6.45) is -0.170. The first kappa shape index (κ1) is 28.0. The van der Waals surface area contributed by atoms with Crippen LogP contribution < -0.4 is 80.1 Å². The van der Waals surface area contributed by atoms with E-state index in [-0.39, 0.29) is 71.4 Å². The molecule has 0 saturated heterocycles. The molecule has 0 aromatic carbocycles. The van der Waals surface area contributed by atoms with Gasteiger partial charge in [-0.25, -0.2) is 10.2 Å². The third kappa shape index (κ3) is 32.3. The molecular formula is C6H11N3Na2O6P2+2. The first-order valence-corrected chi connectivity index (χ1v) is 6.78. The molecule has 9 nitrogen and oxygen atoms in total. The summed E-state index contributed by atoms with van der Waals surface area (Å²) in [4.78, 5) is 38.7. The minimum absolute atomic E-state index is 0. The van der Waals surface area contributed by atoms with Gasteiger partial charge in [0.05, 0.1) is 5.71 Å². The van der Waals surface area contributed by atoms with Crippen LogP contribution in [0.1, 0.15) is 6.92 Å². The van der Waals surface area contributed by atoms with Crippen LogP contribution in [0.2, 0.25) is 0 Å². The molecule has 19 heavy (non-hydrogen) atoms. The summed E-state index contributed by atoms with van der Waals surface area (Å²) in [6.45, 7) is 1.47. The molecule has 3 N–H and O–H groups in total. The quantitative estimate of drug-likeness (QED) is 0.167. The predicted molar refractivity (Wildman–Crippen MR) is 56.8 cm³/mol. The van der Waals surface area contributed by atoms with Crippen molar-refractivity contribution in [1.82, 2.24) is 5.43 Å². The molecule has 2 amide bonds. The second-order valence-electron chi connectivity index (χ2n) is 2.50. The van der Waals surface area contributed by atoms with Crippen molar-refractivity contribution in [3.8, 4) is 0 Å². The summed E-state index contributed by atoms with van der Waals surface area (Å²) in [5.41, 5.74) is 6.87. The van der Waals surface area contributed by atoms with Gasteiger partial charge >= 0.3 is 81.2 Å². The predicted octanol–water partition coefficient (Wildman–Crippen LogP) is -7.57. The second kappa shape index (κ2) is 18.7. The van der Waals surface area contributed by atoms with Gasteiger partial charge in [-0.1, -0.05) is 9.13 Å². The van der Waals surface area contributed by atoms with Crippen LogP contribution >= 0.6 is 16.1 Å². The molecule has 96 valence electrons. The summed E-state index contributed by atoms with van der Waals surface area (Å²) in [5, 5.41) is 3.37. The molecule has 2 unspecified atom stereocenters. The summed E-state index contributed by atoms with van der Waals surface area (Å²) in [6, 6.07) is -0.814. The number of primary amides is 1. The zero-order chi connectivity index (χ0) is 13.8. The van der Waals surface area contributed by atoms with Crippen molar-refractivity contribution in [2.24, 2.45) is 10.8 Å². The van der Waals surface area contributed by atoms with Gasteiger partial charge in [-0.05, 0) is 6.92 Å². The fraction of sp³-hybridized carbons (Fsp3) is 0.500. The molecule has 0 bridgehead atoms. The van der Waals surface area contributed by atoms with Gasteiger partial charge < -0.3 is 15.5 Å². The monoisotopic (exact) mass is 329 g/mol. The van der Waals surface area contributed by atoms with E-state index in [4.69, 9.17) is 0 Å². The maximum Gasteiger partial charge on any atom is 1.00 e. The summed E-state index contributed by atoms with van der Waals surface area (Å²) < 4.78 is 19.5. The number of hydrazone groups is 1. The molecule has 0 aromatic rings. The van der Waals surface area contributed by atoms with Gasteiger partial charge in [-0.2, -0.15) is 5.10 Å². The van der Waals surface area contributed by atoms with Gasteiger partial charge in [-0.15, -0.1) is 0 Å². The Morgan fingerprint density at radius 2 is 1.79 bits per heavy atom. The van der Waals surface area contributed by atoms with Crippen LogP contribution in [-0.4, -0.2) is 30.4 Å². The Hall–Kier alpha value is 0.730. The number of aldehydes is 1. The Kier molecular flexibility index (Phi) is 27.6. The van der Waals surface area contributed by atoms with Crippen LogP contribution in [0.5, 0.6) is 0 Å². The van der Waals surface area contributed by atoms with E-state index in [9.17, 15) is 28.5 Å². The molecule has 2 atom stereocenters. The smallest absolute Gasteiger partial charge is 0.595 e. The Bertz CT molecular complexity index is 341. The molecule has 0 spiro atoms. The molecule has 0 radical (unpaired) electrons. The van der Waals surface area contributed by atoms with Crippen LogP contribution in [-0.2, 0) is 13.9 Å². The number of hydrogen-bond donors (Lipinski definition) is 2. The molecule has 13 heteroatoms. The van der Waals surface area contributed by atoms with Crippen molar-refractivity contribution in [3.63, 3.8) is 0 Å². The molecule has 0 saturated carbocycles. The standard InChI is InChI=1S/C4H8N3O3P.C2H3O3P.2Na/c1-3(2-11(9)10)6-7-4(5)8;3-1-2-6(4)5;;/h2H2,1H3,(H3,5,7,8);1H,2H2;;/q;;2*+1. The van der Waals surface area contributed by atoms with Crippen molar-refractivity contribution in [1.29, 1.82) is 0 Å². The molecule has 0 aliphatic rings. The Balaban J connectivity index is -0.000000123. The molecule has 0 aliphatic carbocycles. The van der Waals surface area contributed by atoms with E-state index in [1.165, 1.54) is 6.92 Å². The van der Waals surface area contributed by atoms with Crippen molar-refractivity contribution in [2.45, 2.75) is 6.92 Å². The van der Waals surface area contributed by atoms with E-state index in [0.29, 0.717) is 12.0 Å². The van der Waals surface area contributed by atoms with E-state index in [1.54, 1.807) is 0 Å². The van der Waals surface area contributed by atoms with E-state index in [1.807, 2.05) is 5.43 Å². The number of amides is 2. The first-order chi connectivity index (χ1) is 7.79. The Morgan fingerprint density at radius 1 is 1.32 bits per heavy atom. The molecular weight excluding hydrogens is 318 g/mol. The fourth-order valence-electron chi connectivity index (χ4n) is 0.434. The number of urea groups is 1. The van der Waals surface area contributed by atoms with Crippen molar-refractivity contribution >= 4 is 34.1 Å². The first-order valence-electron chi connectivity index (χ1n) is 4.05. The largest absolute Gasteiger partial charge is 1.00 e. The minimum atomic E-state index is -2.49. The normalized spacial score (nSPS) is 10.6. The number of carbonyl (C=O) groups excluding carboxylic acids is 2. The molecule has 0 rings (SSSR count). The number of nitrogens with two attached hydrogens (primary N) is 1. The topological polar surface area (TPSA) is 165 Å². The zero-order valence-corrected chi connectivity index (χ0v) is 16.6. The van der Waals surface area contributed by atoms with Gasteiger partial charge in [-0.3, -0.25) is 4.79 Å². The number of carbonyl (C=O) groups is 2. The van der Waals surface area contributed by atoms with E-state index >= 15 is 0 Å². The Morgan fingerprint density at radius 3 is 2.00 bits per heavy atom. The summed E-state index contributed by atoms with van der Waals surface area (Å²) in [7, 11) is -4.96. The van der Waals surface area contributed by atoms with Crippen molar-refractivity contribution < 1.29 is 87.6 Å². The maximum atomic E-state index is 10.1. The van der Waals surface area contributed by atoms with Crippen LogP contribution in [0.25, 0.3) is 0 Å². The Labute approximate surface area is 156 Å². The molecule has 0 fully saturated rings. The minimum Gasteiger partial charge on any atom is -0.595 e. The second-order valence-corrected chi connectivity index (χ2v) is 4.51. The van der Waals surface area contributed by atoms with Crippen LogP contribution in [0, 0.1) is 0 Å². The zero-order valence-electron chi connectivity index (χ0n) is 10.9. The van der Waals surface area contributed by atoms with E-state index in [0.717, 1.165) is 0 Å². The van der Waals surface area contributed by atoms with Crippen molar-refractivity contribution in [3.05, 3.63) is 0 Å². The third-order valence-corrected chi connectivity index (χ3v) is 2.10. The van der Waals surface area contributed by atoms with Crippen LogP contribution in [0.4, 0.5) is 4.79 Å². The van der Waals surface area contributed by atoms with Crippen LogP contribution in [0.3, 0.4) is 0 Å². The summed E-state index contributed by atoms with van der Waals surface area (Å²) in [5.74, 6) is 0. The third-order valence-electron chi connectivity index (χ3n) is 0.938. The average molecular weight is 329 g/mol. The van der Waals surface area contributed by atoms with Gasteiger partial charge in [0, 0.05) is 0 Å². The number of hydrogen-bond acceptors (Lipinski definition) is 7. The maximum absolute atomic E-state index is 10.1. The SMILES string of the molecule is CC(C[P+](=O)[O-])=NNC(N)=O.O=CC[P+](=O)[O-].[Na+].[Na+]. The van der Waals surface area contributed by atoms with Crippen molar-refractivity contribution in [2.75, 3.05) is 12.3 Å². The fourth-order valence-corrected chi connectivity index (χ4v) is 1.000. The summed E-state index contributed by atoms with van der Waals surface area (Å²) >= 11 is 0. The number of rotatable bonds is 5. The van der Waals surface area contributed by atoms with E-state index < -0.39 is 22.1 Å². The van der Waals surface area contributed by atoms with E-state index in [2.05, 4.69) is 10.8 Å². The van der Waals surface area contributed by atoms with Crippen LogP contribution in [0.15, 0.2) is 5.10 Å².